The quantitative estimate of drug-likeness (QED) is 0.819. The smallest absolute Gasteiger partial charge is 0.344 e. The van der Waals surface area contributed by atoms with Gasteiger partial charge in [0.15, 0.2) is 12.7 Å². The normalized spacial score (nSPS) is 16.0. The number of aryl methyl sites for hydroxylation is 2. The number of nitrogens with one attached hydrogen (secondary N) is 1. The number of carbonyl (C=O) groups is 2. The van der Waals surface area contributed by atoms with Gasteiger partial charge < -0.3 is 14.8 Å². The van der Waals surface area contributed by atoms with Crippen LogP contribution in [0.4, 0.5) is 0 Å². The van der Waals surface area contributed by atoms with Crippen LogP contribution in [0, 0.1) is 13.8 Å². The summed E-state index contributed by atoms with van der Waals surface area (Å²) in [5.41, 5.74) is 2.26. The molecular formula is C18H25NO4. The van der Waals surface area contributed by atoms with Crippen molar-refractivity contribution in [3.05, 3.63) is 29.3 Å². The Balaban J connectivity index is 1.74. The zero-order chi connectivity index (χ0) is 16.8. The molecule has 2 rings (SSSR count). The molecule has 5 heteroatoms. The van der Waals surface area contributed by atoms with Gasteiger partial charge in [0, 0.05) is 6.04 Å². The number of carbonyl (C=O) groups excluding carboxylic acids is 2. The van der Waals surface area contributed by atoms with E-state index in [0.29, 0.717) is 5.75 Å². The van der Waals surface area contributed by atoms with Crippen molar-refractivity contribution in [2.45, 2.75) is 58.6 Å². The fraction of sp³-hybridized carbons (Fsp3) is 0.556. The molecule has 1 N–H and O–H groups in total. The molecule has 0 aromatic heterocycles. The van der Waals surface area contributed by atoms with Gasteiger partial charge in [0.05, 0.1) is 0 Å². The first-order valence-electron chi connectivity index (χ1n) is 8.15. The van der Waals surface area contributed by atoms with Crippen molar-refractivity contribution in [1.29, 1.82) is 0 Å². The molecule has 5 nitrogen and oxygen atoms in total. The number of esters is 1. The second kappa shape index (κ2) is 7.99. The summed E-state index contributed by atoms with van der Waals surface area (Å²) in [6.07, 6.45) is 3.49. The summed E-state index contributed by atoms with van der Waals surface area (Å²) in [7, 11) is 0. The lowest BCUT2D eigenvalue weighted by Gasteiger charge is -2.17. The Bertz CT molecular complexity index is 564. The van der Waals surface area contributed by atoms with E-state index in [2.05, 4.69) is 5.32 Å². The van der Waals surface area contributed by atoms with E-state index in [9.17, 15) is 9.59 Å². The maximum atomic E-state index is 12.0. The van der Waals surface area contributed by atoms with Crippen LogP contribution in [0.1, 0.15) is 43.7 Å². The number of amides is 1. The molecule has 126 valence electrons. The van der Waals surface area contributed by atoms with Gasteiger partial charge in [0.1, 0.15) is 5.75 Å². The van der Waals surface area contributed by atoms with E-state index in [1.807, 2.05) is 32.0 Å². The molecule has 1 aliphatic carbocycles. The largest absolute Gasteiger partial charge is 0.482 e. The summed E-state index contributed by atoms with van der Waals surface area (Å²) in [5, 5.41) is 2.91. The first-order valence-corrected chi connectivity index (χ1v) is 8.15. The van der Waals surface area contributed by atoms with E-state index < -0.39 is 12.1 Å². The van der Waals surface area contributed by atoms with Crippen LogP contribution < -0.4 is 10.1 Å². The predicted octanol–water partition coefficient (Wildman–Crippen LogP) is 2.67. The monoisotopic (exact) mass is 319 g/mol. The van der Waals surface area contributed by atoms with Gasteiger partial charge >= 0.3 is 5.97 Å². The Morgan fingerprint density at radius 1 is 1.22 bits per heavy atom. The van der Waals surface area contributed by atoms with Crippen LogP contribution in [0.3, 0.4) is 0 Å². The van der Waals surface area contributed by atoms with Gasteiger partial charge in [0.25, 0.3) is 5.91 Å². The topological polar surface area (TPSA) is 64.6 Å². The second-order valence-corrected chi connectivity index (χ2v) is 6.16. The van der Waals surface area contributed by atoms with E-state index in [0.717, 1.165) is 36.8 Å². The molecule has 0 unspecified atom stereocenters. The highest BCUT2D eigenvalue weighted by atomic mass is 16.6. The Labute approximate surface area is 137 Å². The minimum atomic E-state index is -0.800. The van der Waals surface area contributed by atoms with Gasteiger partial charge in [-0.05, 0) is 56.9 Å². The van der Waals surface area contributed by atoms with Gasteiger partial charge in [-0.15, -0.1) is 0 Å². The number of rotatable bonds is 6. The molecule has 0 radical (unpaired) electrons. The molecule has 23 heavy (non-hydrogen) atoms. The molecule has 0 aliphatic heterocycles. The third kappa shape index (κ3) is 5.27. The number of benzene rings is 1. The first-order chi connectivity index (χ1) is 11.0. The fourth-order valence-corrected chi connectivity index (χ4v) is 2.62. The number of hydrogen-bond acceptors (Lipinski definition) is 4. The molecule has 0 bridgehead atoms. The van der Waals surface area contributed by atoms with Crippen LogP contribution in [-0.2, 0) is 14.3 Å². The van der Waals surface area contributed by atoms with E-state index in [1.165, 1.54) is 0 Å². The van der Waals surface area contributed by atoms with Crippen molar-refractivity contribution in [2.75, 3.05) is 6.61 Å². The Kier molecular flexibility index (Phi) is 6.02. The summed E-state index contributed by atoms with van der Waals surface area (Å²) in [6, 6.07) is 5.84. The molecule has 0 spiro atoms. The highest BCUT2D eigenvalue weighted by Gasteiger charge is 2.23. The molecular weight excluding hydrogens is 294 g/mol. The zero-order valence-corrected chi connectivity index (χ0v) is 14.1. The average molecular weight is 319 g/mol. The van der Waals surface area contributed by atoms with Crippen molar-refractivity contribution in [3.63, 3.8) is 0 Å². The summed E-state index contributed by atoms with van der Waals surface area (Å²) >= 11 is 0. The molecule has 1 saturated carbocycles. The van der Waals surface area contributed by atoms with Crippen molar-refractivity contribution < 1.29 is 19.1 Å². The molecule has 0 heterocycles. The third-order valence-corrected chi connectivity index (χ3v) is 4.21. The zero-order valence-electron chi connectivity index (χ0n) is 14.1. The van der Waals surface area contributed by atoms with Crippen molar-refractivity contribution in [2.24, 2.45) is 0 Å². The van der Waals surface area contributed by atoms with Gasteiger partial charge in [-0.25, -0.2) is 4.79 Å². The fourth-order valence-electron chi connectivity index (χ4n) is 2.62. The molecule has 1 aromatic carbocycles. The maximum absolute atomic E-state index is 12.0. The molecule has 0 saturated heterocycles. The van der Waals surface area contributed by atoms with Crippen molar-refractivity contribution in [3.8, 4) is 5.75 Å². The standard InChI is InChI=1S/C18H25NO4/c1-12-8-9-16(10-13(12)2)22-11-17(20)23-14(3)18(21)19-15-6-4-5-7-15/h8-10,14-15H,4-7,11H2,1-3H3,(H,19,21)/t14-/m1/s1. The van der Waals surface area contributed by atoms with Crippen LogP contribution in [-0.4, -0.2) is 30.6 Å². The minimum Gasteiger partial charge on any atom is -0.482 e. The molecule has 1 aliphatic rings. The van der Waals surface area contributed by atoms with E-state index in [4.69, 9.17) is 9.47 Å². The van der Waals surface area contributed by atoms with Crippen molar-refractivity contribution >= 4 is 11.9 Å². The van der Waals surface area contributed by atoms with Crippen molar-refractivity contribution in [1.82, 2.24) is 5.32 Å². The van der Waals surface area contributed by atoms with Crippen LogP contribution in [0.15, 0.2) is 18.2 Å². The van der Waals surface area contributed by atoms with E-state index in [-0.39, 0.29) is 18.6 Å². The number of ether oxygens (including phenoxy) is 2. The van der Waals surface area contributed by atoms with Gasteiger partial charge in [-0.1, -0.05) is 18.9 Å². The summed E-state index contributed by atoms with van der Waals surface area (Å²) in [5.74, 6) is -0.165. The lowest BCUT2D eigenvalue weighted by atomic mass is 10.1. The minimum absolute atomic E-state index is 0.205. The highest BCUT2D eigenvalue weighted by Crippen LogP contribution is 2.18. The Morgan fingerprint density at radius 3 is 2.57 bits per heavy atom. The molecule has 1 amide bonds. The first kappa shape index (κ1) is 17.3. The molecule has 1 atom stereocenters. The van der Waals surface area contributed by atoms with Crippen LogP contribution in [0.2, 0.25) is 0 Å². The van der Waals surface area contributed by atoms with Crippen LogP contribution in [0.25, 0.3) is 0 Å². The number of hydrogen-bond donors (Lipinski definition) is 1. The maximum Gasteiger partial charge on any atom is 0.344 e. The summed E-state index contributed by atoms with van der Waals surface area (Å²) < 4.78 is 10.5. The molecule has 1 fully saturated rings. The molecule has 1 aromatic rings. The summed E-state index contributed by atoms with van der Waals surface area (Å²) in [4.78, 5) is 23.8. The lowest BCUT2D eigenvalue weighted by molar-refractivity contribution is -0.156. The second-order valence-electron chi connectivity index (χ2n) is 6.16. The van der Waals surface area contributed by atoms with Gasteiger partial charge in [0.2, 0.25) is 0 Å². The Hall–Kier alpha value is -2.04. The Morgan fingerprint density at radius 2 is 1.91 bits per heavy atom. The van der Waals surface area contributed by atoms with Gasteiger partial charge in [-0.3, -0.25) is 4.79 Å². The van der Waals surface area contributed by atoms with E-state index in [1.54, 1.807) is 6.92 Å². The van der Waals surface area contributed by atoms with E-state index >= 15 is 0 Å². The predicted molar refractivity (Wildman–Crippen MR) is 87.4 cm³/mol. The van der Waals surface area contributed by atoms with Crippen LogP contribution in [0.5, 0.6) is 5.75 Å². The SMILES string of the molecule is Cc1ccc(OCC(=O)O[C@H](C)C(=O)NC2CCCC2)cc1C. The lowest BCUT2D eigenvalue weighted by Crippen LogP contribution is -2.41. The third-order valence-electron chi connectivity index (χ3n) is 4.21. The highest BCUT2D eigenvalue weighted by molar-refractivity contribution is 5.83. The average Bonchev–Trinajstić information content (AvgIpc) is 3.01. The van der Waals surface area contributed by atoms with Gasteiger partial charge in [-0.2, -0.15) is 0 Å². The summed E-state index contributed by atoms with van der Waals surface area (Å²) in [6.45, 7) is 5.37. The van der Waals surface area contributed by atoms with Crippen LogP contribution >= 0.6 is 0 Å².